The summed E-state index contributed by atoms with van der Waals surface area (Å²) in [4.78, 5) is 14.4. The van der Waals surface area contributed by atoms with E-state index in [4.69, 9.17) is 14.2 Å². The second-order valence-electron chi connectivity index (χ2n) is 5.94. The Morgan fingerprint density at radius 1 is 1.32 bits per heavy atom. The summed E-state index contributed by atoms with van der Waals surface area (Å²) >= 11 is 0. The summed E-state index contributed by atoms with van der Waals surface area (Å²) in [5.41, 5.74) is 1.17. The summed E-state index contributed by atoms with van der Waals surface area (Å²) in [7, 11) is 1.71. The summed E-state index contributed by atoms with van der Waals surface area (Å²) in [5, 5.41) is 0. The molecule has 1 aliphatic carbocycles. The Bertz CT molecular complexity index is 516. The van der Waals surface area contributed by atoms with Crippen LogP contribution in [-0.4, -0.2) is 55.9 Å². The van der Waals surface area contributed by atoms with E-state index < -0.39 is 0 Å². The van der Waals surface area contributed by atoms with Crippen LogP contribution in [0.4, 0.5) is 0 Å². The van der Waals surface area contributed by atoms with E-state index in [9.17, 15) is 4.79 Å². The number of nitrogens with zero attached hydrogens (tertiary/aromatic N) is 1. The Hall–Kier alpha value is -1.59. The van der Waals surface area contributed by atoms with Gasteiger partial charge in [-0.25, -0.2) is 0 Å². The minimum absolute atomic E-state index is 0.00192. The van der Waals surface area contributed by atoms with Crippen molar-refractivity contribution in [2.24, 2.45) is 0 Å². The van der Waals surface area contributed by atoms with Gasteiger partial charge in [0.15, 0.2) is 6.61 Å². The first-order valence-corrected chi connectivity index (χ1v) is 7.82. The van der Waals surface area contributed by atoms with Crippen LogP contribution in [0.25, 0.3) is 0 Å². The third kappa shape index (κ3) is 3.10. The maximum Gasteiger partial charge on any atom is 0.260 e. The molecule has 5 nitrogen and oxygen atoms in total. The molecule has 1 aliphatic heterocycles. The van der Waals surface area contributed by atoms with E-state index in [1.54, 1.807) is 7.11 Å². The van der Waals surface area contributed by atoms with Crippen LogP contribution in [-0.2, 0) is 14.3 Å². The summed E-state index contributed by atoms with van der Waals surface area (Å²) in [6, 6.07) is 7.85. The maximum atomic E-state index is 12.5. The van der Waals surface area contributed by atoms with Crippen molar-refractivity contribution in [3.05, 3.63) is 29.8 Å². The molecule has 0 N–H and O–H groups in total. The maximum absolute atomic E-state index is 12.5. The molecule has 5 heteroatoms. The first kappa shape index (κ1) is 15.3. The predicted molar refractivity (Wildman–Crippen MR) is 81.9 cm³/mol. The van der Waals surface area contributed by atoms with E-state index in [0.717, 1.165) is 18.6 Å². The van der Waals surface area contributed by atoms with Crippen molar-refractivity contribution < 1.29 is 19.0 Å². The predicted octanol–water partition coefficient (Wildman–Crippen LogP) is 1.78. The van der Waals surface area contributed by atoms with Gasteiger partial charge in [0.25, 0.3) is 5.91 Å². The van der Waals surface area contributed by atoms with Gasteiger partial charge in [-0.05, 0) is 31.9 Å². The van der Waals surface area contributed by atoms with E-state index in [-0.39, 0.29) is 30.8 Å². The largest absolute Gasteiger partial charge is 0.484 e. The van der Waals surface area contributed by atoms with Gasteiger partial charge in [0.05, 0.1) is 18.8 Å². The minimum Gasteiger partial charge on any atom is -0.484 e. The third-order valence-corrected chi connectivity index (χ3v) is 4.54. The lowest BCUT2D eigenvalue weighted by atomic mass is 10.1. The molecule has 1 aromatic carbocycles. The third-order valence-electron chi connectivity index (χ3n) is 4.54. The molecular formula is C17H23NO4. The molecule has 0 spiro atoms. The molecule has 2 aliphatic rings. The molecular weight excluding hydrogens is 282 g/mol. The van der Waals surface area contributed by atoms with Crippen LogP contribution in [0.1, 0.15) is 18.4 Å². The number of amides is 1. The second kappa shape index (κ2) is 6.67. The summed E-state index contributed by atoms with van der Waals surface area (Å²) in [6.45, 7) is 3.30. The van der Waals surface area contributed by atoms with Gasteiger partial charge in [-0.15, -0.1) is 0 Å². The first-order chi connectivity index (χ1) is 10.7. The van der Waals surface area contributed by atoms with Gasteiger partial charge in [-0.3, -0.25) is 4.79 Å². The van der Waals surface area contributed by atoms with E-state index in [1.807, 2.05) is 36.1 Å². The lowest BCUT2D eigenvalue weighted by molar-refractivity contribution is -0.151. The zero-order valence-electron chi connectivity index (χ0n) is 13.2. The number of fused-ring (bicyclic) bond motifs is 1. The molecule has 1 saturated heterocycles. The van der Waals surface area contributed by atoms with Gasteiger partial charge in [-0.2, -0.15) is 0 Å². The Kier molecular flexibility index (Phi) is 4.64. The highest BCUT2D eigenvalue weighted by Gasteiger charge is 2.44. The van der Waals surface area contributed by atoms with Gasteiger partial charge >= 0.3 is 0 Å². The normalized spacial score (nSPS) is 27.5. The van der Waals surface area contributed by atoms with Crippen molar-refractivity contribution in [2.45, 2.75) is 38.0 Å². The molecule has 0 unspecified atom stereocenters. The number of rotatable bonds is 4. The molecule has 120 valence electrons. The lowest BCUT2D eigenvalue weighted by Crippen LogP contribution is -2.54. The highest BCUT2D eigenvalue weighted by molar-refractivity contribution is 5.78. The number of carbonyl (C=O) groups excluding carboxylic acids is 1. The van der Waals surface area contributed by atoms with E-state index >= 15 is 0 Å². The first-order valence-electron chi connectivity index (χ1n) is 7.82. The van der Waals surface area contributed by atoms with Crippen molar-refractivity contribution in [3.63, 3.8) is 0 Å². The van der Waals surface area contributed by atoms with Crippen molar-refractivity contribution in [1.82, 2.24) is 4.90 Å². The summed E-state index contributed by atoms with van der Waals surface area (Å²) in [5.74, 6) is 0.751. The van der Waals surface area contributed by atoms with Crippen LogP contribution in [0.3, 0.4) is 0 Å². The standard InChI is InChI=1S/C17H23NO4/c1-12-3-5-13(6-4-12)22-11-16(19)18-9-10-21-17-14(18)7-8-15(17)20-2/h3-6,14-15,17H,7-11H2,1-2H3/t14-,15+,17+/m0/s1. The number of ether oxygens (including phenoxy) is 3. The minimum atomic E-state index is 0.00192. The zero-order valence-corrected chi connectivity index (χ0v) is 13.2. The number of aryl methyl sites for hydroxylation is 1. The van der Waals surface area contributed by atoms with Crippen molar-refractivity contribution in [2.75, 3.05) is 26.9 Å². The SMILES string of the molecule is CO[C@@H]1CC[C@H]2[C@H]1OCCN2C(=O)COc1ccc(C)cc1. The number of hydrogen-bond acceptors (Lipinski definition) is 4. The van der Waals surface area contributed by atoms with Crippen LogP contribution >= 0.6 is 0 Å². The highest BCUT2D eigenvalue weighted by Crippen LogP contribution is 2.31. The van der Waals surface area contributed by atoms with Gasteiger partial charge in [-0.1, -0.05) is 17.7 Å². The molecule has 0 radical (unpaired) electrons. The fourth-order valence-electron chi connectivity index (χ4n) is 3.34. The molecule has 1 amide bonds. The van der Waals surface area contributed by atoms with Gasteiger partial charge < -0.3 is 19.1 Å². The highest BCUT2D eigenvalue weighted by atomic mass is 16.5. The van der Waals surface area contributed by atoms with Gasteiger partial charge in [0.1, 0.15) is 11.9 Å². The monoisotopic (exact) mass is 305 g/mol. The van der Waals surface area contributed by atoms with Crippen molar-refractivity contribution >= 4 is 5.91 Å². The van der Waals surface area contributed by atoms with E-state index in [1.165, 1.54) is 5.56 Å². The summed E-state index contributed by atoms with van der Waals surface area (Å²) in [6.07, 6.45) is 1.97. The molecule has 3 atom stereocenters. The zero-order chi connectivity index (χ0) is 15.5. The fourth-order valence-corrected chi connectivity index (χ4v) is 3.34. The fraction of sp³-hybridized carbons (Fsp3) is 0.588. The molecule has 0 aromatic heterocycles. The second-order valence-corrected chi connectivity index (χ2v) is 5.94. The molecule has 1 heterocycles. The number of benzene rings is 1. The smallest absolute Gasteiger partial charge is 0.260 e. The Morgan fingerprint density at radius 3 is 2.82 bits per heavy atom. The Labute approximate surface area is 131 Å². The van der Waals surface area contributed by atoms with Crippen LogP contribution in [0, 0.1) is 6.92 Å². The summed E-state index contributed by atoms with van der Waals surface area (Å²) < 4.78 is 16.9. The molecule has 0 bridgehead atoms. The number of hydrogen-bond donors (Lipinski definition) is 0. The lowest BCUT2D eigenvalue weighted by Gasteiger charge is -2.38. The molecule has 1 saturated carbocycles. The van der Waals surface area contributed by atoms with Crippen LogP contribution in [0.5, 0.6) is 5.75 Å². The van der Waals surface area contributed by atoms with Crippen molar-refractivity contribution in [3.8, 4) is 5.75 Å². The molecule has 22 heavy (non-hydrogen) atoms. The van der Waals surface area contributed by atoms with Crippen molar-refractivity contribution in [1.29, 1.82) is 0 Å². The molecule has 3 rings (SSSR count). The van der Waals surface area contributed by atoms with E-state index in [0.29, 0.717) is 13.2 Å². The van der Waals surface area contributed by atoms with Crippen LogP contribution in [0.2, 0.25) is 0 Å². The Balaban J connectivity index is 1.58. The molecule has 2 fully saturated rings. The molecule has 1 aromatic rings. The average molecular weight is 305 g/mol. The Morgan fingerprint density at radius 2 is 2.09 bits per heavy atom. The number of methoxy groups -OCH3 is 1. The van der Waals surface area contributed by atoms with Crippen LogP contribution in [0.15, 0.2) is 24.3 Å². The number of carbonyl (C=O) groups is 1. The van der Waals surface area contributed by atoms with Gasteiger partial charge in [0.2, 0.25) is 0 Å². The quantitative estimate of drug-likeness (QED) is 0.851. The van der Waals surface area contributed by atoms with E-state index in [2.05, 4.69) is 0 Å². The van der Waals surface area contributed by atoms with Gasteiger partial charge in [0, 0.05) is 13.7 Å². The average Bonchev–Trinajstić information content (AvgIpc) is 2.97. The topological polar surface area (TPSA) is 48.0 Å². The number of morpholine rings is 1. The van der Waals surface area contributed by atoms with Crippen LogP contribution < -0.4 is 4.74 Å².